The molecule has 0 radical (unpaired) electrons. The number of phenolic OH excluding ortho intramolecular Hbond substituents is 1. The molecule has 0 spiro atoms. The van der Waals surface area contributed by atoms with Gasteiger partial charge >= 0.3 is 0 Å². The van der Waals surface area contributed by atoms with E-state index in [4.69, 9.17) is 14.6 Å². The molecule has 2 rings (SSSR count). The molecule has 0 atom stereocenters. The van der Waals surface area contributed by atoms with Crippen LogP contribution < -0.4 is 9.47 Å². The molecule has 1 heterocycles. The van der Waals surface area contributed by atoms with E-state index >= 15 is 0 Å². The fraction of sp³-hybridized carbons (Fsp3) is 0.455. The van der Waals surface area contributed by atoms with Gasteiger partial charge in [-0.3, -0.25) is 0 Å². The van der Waals surface area contributed by atoms with Crippen molar-refractivity contribution >= 4 is 0 Å². The Bertz CT molecular complexity index is 349. The van der Waals surface area contributed by atoms with Crippen LogP contribution in [0.1, 0.15) is 12.0 Å². The highest BCUT2D eigenvalue weighted by Crippen LogP contribution is 2.41. The van der Waals surface area contributed by atoms with Gasteiger partial charge in [0, 0.05) is 6.61 Å². The second-order valence-corrected chi connectivity index (χ2v) is 3.42. The summed E-state index contributed by atoms with van der Waals surface area (Å²) in [4.78, 5) is 0. The summed E-state index contributed by atoms with van der Waals surface area (Å²) in [7, 11) is 0. The second kappa shape index (κ2) is 4.40. The molecule has 0 bridgehead atoms. The van der Waals surface area contributed by atoms with Crippen LogP contribution in [-0.2, 0) is 6.42 Å². The highest BCUT2D eigenvalue weighted by molar-refractivity contribution is 5.55. The molecule has 1 aromatic carbocycles. The third-order valence-electron chi connectivity index (χ3n) is 2.37. The van der Waals surface area contributed by atoms with Gasteiger partial charge in [0.05, 0.1) is 0 Å². The summed E-state index contributed by atoms with van der Waals surface area (Å²) in [5.74, 6) is 1.16. The van der Waals surface area contributed by atoms with E-state index in [-0.39, 0.29) is 12.4 Å². The molecule has 0 aromatic heterocycles. The van der Waals surface area contributed by atoms with E-state index in [0.29, 0.717) is 37.6 Å². The molecular weight excluding hydrogens is 196 g/mol. The van der Waals surface area contributed by atoms with E-state index in [2.05, 4.69) is 0 Å². The number of hydrogen-bond acceptors (Lipinski definition) is 4. The Morgan fingerprint density at radius 1 is 1.20 bits per heavy atom. The Morgan fingerprint density at radius 2 is 2.00 bits per heavy atom. The van der Waals surface area contributed by atoms with Crippen LogP contribution in [0, 0.1) is 0 Å². The Morgan fingerprint density at radius 3 is 2.80 bits per heavy atom. The van der Waals surface area contributed by atoms with Crippen LogP contribution in [0.4, 0.5) is 0 Å². The van der Waals surface area contributed by atoms with Gasteiger partial charge in [-0.1, -0.05) is 6.07 Å². The van der Waals surface area contributed by atoms with Crippen molar-refractivity contribution in [3.05, 3.63) is 17.7 Å². The molecule has 82 valence electrons. The monoisotopic (exact) mass is 210 g/mol. The van der Waals surface area contributed by atoms with Crippen LogP contribution in [0.2, 0.25) is 0 Å². The number of aromatic hydroxyl groups is 1. The van der Waals surface area contributed by atoms with Crippen molar-refractivity contribution in [2.24, 2.45) is 0 Å². The number of phenols is 1. The standard InChI is InChI=1S/C11H14O4/c12-5-1-2-8-3-4-9-11(10(8)13)15-7-6-14-9/h3-4,12-13H,1-2,5-7H2. The number of hydrogen-bond donors (Lipinski definition) is 2. The quantitative estimate of drug-likeness (QED) is 0.784. The van der Waals surface area contributed by atoms with Gasteiger partial charge in [0.1, 0.15) is 13.2 Å². The van der Waals surface area contributed by atoms with Crippen molar-refractivity contribution in [3.8, 4) is 17.2 Å². The lowest BCUT2D eigenvalue weighted by molar-refractivity contribution is 0.165. The van der Waals surface area contributed by atoms with E-state index in [0.717, 1.165) is 5.56 Å². The van der Waals surface area contributed by atoms with Crippen molar-refractivity contribution in [3.63, 3.8) is 0 Å². The molecule has 0 saturated heterocycles. The number of aliphatic hydroxyl groups is 1. The summed E-state index contributed by atoms with van der Waals surface area (Å²) >= 11 is 0. The maximum Gasteiger partial charge on any atom is 0.203 e. The number of aliphatic hydroxyl groups excluding tert-OH is 1. The molecule has 1 aliphatic heterocycles. The Kier molecular flexibility index (Phi) is 2.97. The van der Waals surface area contributed by atoms with Crippen LogP contribution in [0.25, 0.3) is 0 Å². The molecule has 1 aromatic rings. The molecule has 2 N–H and O–H groups in total. The Balaban J connectivity index is 2.26. The molecule has 0 aliphatic carbocycles. The summed E-state index contributed by atoms with van der Waals surface area (Å²) in [6.07, 6.45) is 1.27. The van der Waals surface area contributed by atoms with Crippen LogP contribution in [0.15, 0.2) is 12.1 Å². The minimum Gasteiger partial charge on any atom is -0.504 e. The van der Waals surface area contributed by atoms with Crippen LogP contribution in [-0.4, -0.2) is 30.0 Å². The molecule has 15 heavy (non-hydrogen) atoms. The number of aryl methyl sites for hydroxylation is 1. The van der Waals surface area contributed by atoms with E-state index < -0.39 is 0 Å². The zero-order chi connectivity index (χ0) is 10.7. The van der Waals surface area contributed by atoms with Crippen LogP contribution >= 0.6 is 0 Å². The average molecular weight is 210 g/mol. The lowest BCUT2D eigenvalue weighted by atomic mass is 10.1. The fourth-order valence-electron chi connectivity index (χ4n) is 1.61. The van der Waals surface area contributed by atoms with E-state index in [1.54, 1.807) is 12.1 Å². The third kappa shape index (κ3) is 1.99. The van der Waals surface area contributed by atoms with E-state index in [9.17, 15) is 5.11 Å². The average Bonchev–Trinajstić information content (AvgIpc) is 2.29. The molecule has 0 saturated carbocycles. The van der Waals surface area contributed by atoms with Gasteiger partial charge in [-0.2, -0.15) is 0 Å². The van der Waals surface area contributed by atoms with Crippen molar-refractivity contribution < 1.29 is 19.7 Å². The minimum absolute atomic E-state index is 0.119. The minimum atomic E-state index is 0.119. The molecule has 1 aliphatic rings. The topological polar surface area (TPSA) is 58.9 Å². The van der Waals surface area contributed by atoms with Crippen molar-refractivity contribution in [2.45, 2.75) is 12.8 Å². The first-order valence-corrected chi connectivity index (χ1v) is 5.04. The first-order chi connectivity index (χ1) is 7.33. The highest BCUT2D eigenvalue weighted by Gasteiger charge is 2.18. The van der Waals surface area contributed by atoms with Crippen molar-refractivity contribution in [2.75, 3.05) is 19.8 Å². The lowest BCUT2D eigenvalue weighted by Crippen LogP contribution is -2.15. The Hall–Kier alpha value is -1.42. The molecular formula is C11H14O4. The fourth-order valence-corrected chi connectivity index (χ4v) is 1.61. The van der Waals surface area contributed by atoms with Crippen molar-refractivity contribution in [1.82, 2.24) is 0 Å². The lowest BCUT2D eigenvalue weighted by Gasteiger charge is -2.20. The highest BCUT2D eigenvalue weighted by atomic mass is 16.6. The largest absolute Gasteiger partial charge is 0.504 e. The van der Waals surface area contributed by atoms with Gasteiger partial charge in [-0.05, 0) is 24.5 Å². The van der Waals surface area contributed by atoms with Crippen LogP contribution in [0.5, 0.6) is 17.2 Å². The maximum absolute atomic E-state index is 9.87. The van der Waals surface area contributed by atoms with Gasteiger partial charge in [-0.15, -0.1) is 0 Å². The summed E-state index contributed by atoms with van der Waals surface area (Å²) in [5.41, 5.74) is 0.785. The molecule has 0 amide bonds. The van der Waals surface area contributed by atoms with Gasteiger partial charge in [0.2, 0.25) is 5.75 Å². The smallest absolute Gasteiger partial charge is 0.203 e. The number of benzene rings is 1. The Labute approximate surface area is 88.1 Å². The molecule has 4 heteroatoms. The molecule has 4 nitrogen and oxygen atoms in total. The first-order valence-electron chi connectivity index (χ1n) is 5.04. The van der Waals surface area contributed by atoms with E-state index in [1.165, 1.54) is 0 Å². The SMILES string of the molecule is OCCCc1ccc2c(c1O)OCCO2. The normalized spacial score (nSPS) is 13.9. The summed E-state index contributed by atoms with van der Waals surface area (Å²) in [6.45, 7) is 1.10. The first kappa shape index (κ1) is 10.1. The number of ether oxygens (including phenoxy) is 2. The number of rotatable bonds is 3. The van der Waals surface area contributed by atoms with Gasteiger partial charge in [0.15, 0.2) is 11.5 Å². The van der Waals surface area contributed by atoms with E-state index in [1.807, 2.05) is 0 Å². The predicted molar refractivity (Wildman–Crippen MR) is 54.5 cm³/mol. The zero-order valence-electron chi connectivity index (χ0n) is 8.40. The predicted octanol–water partition coefficient (Wildman–Crippen LogP) is 1.09. The summed E-state index contributed by atoms with van der Waals surface area (Å²) < 4.78 is 10.7. The van der Waals surface area contributed by atoms with Crippen LogP contribution in [0.3, 0.4) is 0 Å². The van der Waals surface area contributed by atoms with Gasteiger partial charge in [-0.25, -0.2) is 0 Å². The van der Waals surface area contributed by atoms with Gasteiger partial charge < -0.3 is 19.7 Å². The summed E-state index contributed by atoms with van der Waals surface area (Å²) in [6, 6.07) is 3.60. The van der Waals surface area contributed by atoms with Gasteiger partial charge in [0.25, 0.3) is 0 Å². The molecule has 0 fully saturated rings. The number of fused-ring (bicyclic) bond motifs is 1. The van der Waals surface area contributed by atoms with Crippen molar-refractivity contribution in [1.29, 1.82) is 0 Å². The zero-order valence-corrected chi connectivity index (χ0v) is 8.40. The summed E-state index contributed by atoms with van der Waals surface area (Å²) in [5, 5.41) is 18.6. The maximum atomic E-state index is 9.87. The third-order valence-corrected chi connectivity index (χ3v) is 2.37. The second-order valence-electron chi connectivity index (χ2n) is 3.42. The molecule has 0 unspecified atom stereocenters.